The van der Waals surface area contributed by atoms with Crippen LogP contribution in [0.15, 0.2) is 24.3 Å². The zero-order chi connectivity index (χ0) is 15.4. The zero-order valence-corrected chi connectivity index (χ0v) is 11.2. The number of hydrogen-bond acceptors (Lipinski definition) is 4. The van der Waals surface area contributed by atoms with E-state index >= 15 is 0 Å². The Morgan fingerprint density at radius 3 is 2.62 bits per heavy atom. The number of anilines is 1. The van der Waals surface area contributed by atoms with Crippen molar-refractivity contribution in [2.45, 2.75) is 31.3 Å². The standard InChI is InChI=1S/C14H16N2O5/c17-12(18)6-5-10(14(20)21)16-13(19)11-7-8-3-1-2-4-9(8)15-11/h1-4,10-11,15H,5-7H2,(H,16,19)(H,17,18)(H,20,21). The third-order valence-corrected chi connectivity index (χ3v) is 3.35. The molecule has 0 bridgehead atoms. The number of fused-ring (bicyclic) bond motifs is 1. The van der Waals surface area contributed by atoms with Crippen LogP contribution in [0, 0.1) is 0 Å². The van der Waals surface area contributed by atoms with E-state index in [0.29, 0.717) is 6.42 Å². The van der Waals surface area contributed by atoms with Crippen LogP contribution >= 0.6 is 0 Å². The molecule has 0 spiro atoms. The summed E-state index contributed by atoms with van der Waals surface area (Å²) in [5.41, 5.74) is 1.85. The topological polar surface area (TPSA) is 116 Å². The number of benzene rings is 1. The average molecular weight is 292 g/mol. The van der Waals surface area contributed by atoms with E-state index in [0.717, 1.165) is 11.3 Å². The van der Waals surface area contributed by atoms with Gasteiger partial charge in [-0.3, -0.25) is 9.59 Å². The summed E-state index contributed by atoms with van der Waals surface area (Å²) in [6.45, 7) is 0. The Morgan fingerprint density at radius 2 is 2.00 bits per heavy atom. The van der Waals surface area contributed by atoms with Crippen molar-refractivity contribution in [2.24, 2.45) is 0 Å². The number of aliphatic carboxylic acids is 2. The fourth-order valence-corrected chi connectivity index (χ4v) is 2.25. The third kappa shape index (κ3) is 3.71. The molecule has 0 saturated carbocycles. The van der Waals surface area contributed by atoms with Crippen LogP contribution in [-0.2, 0) is 20.8 Å². The first-order valence-electron chi connectivity index (χ1n) is 6.57. The van der Waals surface area contributed by atoms with Gasteiger partial charge in [0.25, 0.3) is 0 Å². The molecule has 112 valence electrons. The van der Waals surface area contributed by atoms with Gasteiger partial charge in [0.1, 0.15) is 12.1 Å². The van der Waals surface area contributed by atoms with Gasteiger partial charge < -0.3 is 20.8 Å². The zero-order valence-electron chi connectivity index (χ0n) is 11.2. The minimum atomic E-state index is -1.24. The Labute approximate surface area is 121 Å². The monoisotopic (exact) mass is 292 g/mol. The molecule has 1 aliphatic rings. The van der Waals surface area contributed by atoms with E-state index in [4.69, 9.17) is 10.2 Å². The van der Waals surface area contributed by atoms with Crippen molar-refractivity contribution in [2.75, 3.05) is 5.32 Å². The Bertz CT molecular complexity index is 547. The summed E-state index contributed by atoms with van der Waals surface area (Å²) in [4.78, 5) is 33.6. The third-order valence-electron chi connectivity index (χ3n) is 3.35. The van der Waals surface area contributed by atoms with Gasteiger partial charge in [0.15, 0.2) is 0 Å². The van der Waals surface area contributed by atoms with Crippen LogP contribution in [0.5, 0.6) is 0 Å². The second-order valence-electron chi connectivity index (χ2n) is 4.89. The minimum Gasteiger partial charge on any atom is -0.481 e. The number of carbonyl (C=O) groups excluding carboxylic acids is 1. The second-order valence-corrected chi connectivity index (χ2v) is 4.89. The molecule has 0 fully saturated rings. The first kappa shape index (κ1) is 14.8. The fraction of sp³-hybridized carbons (Fsp3) is 0.357. The molecule has 2 unspecified atom stereocenters. The molecule has 1 aromatic rings. The Hall–Kier alpha value is -2.57. The molecule has 21 heavy (non-hydrogen) atoms. The highest BCUT2D eigenvalue weighted by atomic mass is 16.4. The van der Waals surface area contributed by atoms with Gasteiger partial charge in [0, 0.05) is 18.5 Å². The Kier molecular flexibility index (Phi) is 4.42. The highest BCUT2D eigenvalue weighted by Crippen LogP contribution is 2.25. The number of para-hydroxylation sites is 1. The summed E-state index contributed by atoms with van der Waals surface area (Å²) in [7, 11) is 0. The summed E-state index contributed by atoms with van der Waals surface area (Å²) in [5.74, 6) is -2.77. The molecule has 2 atom stereocenters. The number of hydrogen-bond donors (Lipinski definition) is 4. The first-order chi connectivity index (χ1) is 9.97. The lowest BCUT2D eigenvalue weighted by molar-refractivity contribution is -0.143. The van der Waals surface area contributed by atoms with E-state index in [1.807, 2.05) is 24.3 Å². The molecule has 2 rings (SSSR count). The van der Waals surface area contributed by atoms with Gasteiger partial charge in [-0.05, 0) is 18.1 Å². The van der Waals surface area contributed by atoms with Gasteiger partial charge >= 0.3 is 11.9 Å². The number of rotatable bonds is 6. The van der Waals surface area contributed by atoms with Crippen molar-refractivity contribution in [3.8, 4) is 0 Å². The molecular weight excluding hydrogens is 276 g/mol. The number of nitrogens with one attached hydrogen (secondary N) is 2. The maximum absolute atomic E-state index is 12.1. The summed E-state index contributed by atoms with van der Waals surface area (Å²) in [6.07, 6.45) is 0.0267. The highest BCUT2D eigenvalue weighted by Gasteiger charge is 2.29. The largest absolute Gasteiger partial charge is 0.481 e. The van der Waals surface area contributed by atoms with Crippen molar-refractivity contribution in [1.29, 1.82) is 0 Å². The van der Waals surface area contributed by atoms with Crippen LogP contribution in [0.2, 0.25) is 0 Å². The van der Waals surface area contributed by atoms with Crippen LogP contribution in [-0.4, -0.2) is 40.1 Å². The predicted octanol–water partition coefficient (Wildman–Crippen LogP) is 0.457. The molecule has 4 N–H and O–H groups in total. The number of carbonyl (C=O) groups is 3. The number of carboxylic acid groups (broad SMARTS) is 2. The van der Waals surface area contributed by atoms with Crippen LogP contribution in [0.3, 0.4) is 0 Å². The van der Waals surface area contributed by atoms with E-state index in [9.17, 15) is 14.4 Å². The first-order valence-corrected chi connectivity index (χ1v) is 6.57. The molecule has 7 nitrogen and oxygen atoms in total. The van der Waals surface area contributed by atoms with E-state index in [-0.39, 0.29) is 12.8 Å². The lowest BCUT2D eigenvalue weighted by Crippen LogP contribution is -2.47. The maximum Gasteiger partial charge on any atom is 0.326 e. The quantitative estimate of drug-likeness (QED) is 0.605. The average Bonchev–Trinajstić information content (AvgIpc) is 2.86. The van der Waals surface area contributed by atoms with Crippen molar-refractivity contribution >= 4 is 23.5 Å². The smallest absolute Gasteiger partial charge is 0.326 e. The van der Waals surface area contributed by atoms with Crippen LogP contribution in [0.4, 0.5) is 5.69 Å². The molecule has 0 aromatic heterocycles. The van der Waals surface area contributed by atoms with E-state index in [2.05, 4.69) is 10.6 Å². The normalized spacial score (nSPS) is 17.4. The summed E-state index contributed by atoms with van der Waals surface area (Å²) in [6, 6.07) is 5.73. The molecule has 7 heteroatoms. The fourth-order valence-electron chi connectivity index (χ4n) is 2.25. The minimum absolute atomic E-state index is 0.143. The lowest BCUT2D eigenvalue weighted by atomic mass is 10.1. The maximum atomic E-state index is 12.1. The SMILES string of the molecule is O=C(O)CCC(NC(=O)C1Cc2ccccc2N1)C(=O)O. The van der Waals surface area contributed by atoms with Crippen LogP contribution < -0.4 is 10.6 Å². The summed E-state index contributed by atoms with van der Waals surface area (Å²) >= 11 is 0. The van der Waals surface area contributed by atoms with Gasteiger partial charge in [-0.25, -0.2) is 4.79 Å². The van der Waals surface area contributed by atoms with E-state index < -0.39 is 29.9 Å². The molecule has 1 aromatic carbocycles. The lowest BCUT2D eigenvalue weighted by Gasteiger charge is -2.17. The van der Waals surface area contributed by atoms with Gasteiger partial charge in [-0.2, -0.15) is 0 Å². The van der Waals surface area contributed by atoms with Crippen molar-refractivity contribution in [3.63, 3.8) is 0 Å². The Balaban J connectivity index is 1.94. The summed E-state index contributed by atoms with van der Waals surface area (Å²) in [5, 5.41) is 23.0. The predicted molar refractivity (Wildman–Crippen MR) is 74.0 cm³/mol. The highest BCUT2D eigenvalue weighted by molar-refractivity contribution is 5.90. The van der Waals surface area contributed by atoms with Crippen LogP contribution in [0.25, 0.3) is 0 Å². The van der Waals surface area contributed by atoms with E-state index in [1.165, 1.54) is 0 Å². The summed E-state index contributed by atoms with van der Waals surface area (Å²) < 4.78 is 0. The molecule has 1 aliphatic heterocycles. The van der Waals surface area contributed by atoms with Crippen molar-refractivity contribution in [3.05, 3.63) is 29.8 Å². The Morgan fingerprint density at radius 1 is 1.29 bits per heavy atom. The molecule has 1 amide bonds. The van der Waals surface area contributed by atoms with Crippen molar-refractivity contribution in [1.82, 2.24) is 5.32 Å². The van der Waals surface area contributed by atoms with E-state index in [1.54, 1.807) is 0 Å². The van der Waals surface area contributed by atoms with Gasteiger partial charge in [-0.1, -0.05) is 18.2 Å². The number of amides is 1. The molecule has 1 heterocycles. The van der Waals surface area contributed by atoms with Gasteiger partial charge in [0.05, 0.1) is 0 Å². The molecule has 0 radical (unpaired) electrons. The molecule has 0 aliphatic carbocycles. The number of carboxylic acids is 2. The van der Waals surface area contributed by atoms with Gasteiger partial charge in [-0.15, -0.1) is 0 Å². The van der Waals surface area contributed by atoms with Gasteiger partial charge in [0.2, 0.25) is 5.91 Å². The second kappa shape index (κ2) is 6.25. The molecule has 0 saturated heterocycles. The van der Waals surface area contributed by atoms with Crippen molar-refractivity contribution < 1.29 is 24.6 Å². The molecular formula is C14H16N2O5. The van der Waals surface area contributed by atoms with Crippen LogP contribution in [0.1, 0.15) is 18.4 Å².